The van der Waals surface area contributed by atoms with Crippen molar-refractivity contribution >= 4 is 40.3 Å². The van der Waals surface area contributed by atoms with Crippen molar-refractivity contribution in [3.63, 3.8) is 0 Å². The minimum atomic E-state index is -0.747. The Morgan fingerprint density at radius 3 is 2.58 bits per heavy atom. The van der Waals surface area contributed by atoms with Crippen LogP contribution in [0.1, 0.15) is 50.2 Å². The Labute approximate surface area is 189 Å². The van der Waals surface area contributed by atoms with Crippen LogP contribution in [-0.2, 0) is 11.2 Å². The number of anilines is 2. The van der Waals surface area contributed by atoms with E-state index in [2.05, 4.69) is 29.7 Å². The summed E-state index contributed by atoms with van der Waals surface area (Å²) >= 11 is 5.58. The molecule has 1 unspecified atom stereocenters. The number of aliphatic imine (C=N–C) groups is 1. The summed E-state index contributed by atoms with van der Waals surface area (Å²) in [5.74, 6) is 0.270. The van der Waals surface area contributed by atoms with E-state index in [9.17, 15) is 4.79 Å². The molecule has 1 saturated carbocycles. The Balaban J connectivity index is 1.63. The molecule has 2 aliphatic rings. The summed E-state index contributed by atoms with van der Waals surface area (Å²) in [6.45, 7) is 2.11. The molecular formula is C25H30N4OS. The lowest BCUT2D eigenvalue weighted by molar-refractivity contribution is -0.119. The van der Waals surface area contributed by atoms with Crippen LogP contribution < -0.4 is 15.5 Å². The first-order valence-corrected chi connectivity index (χ1v) is 11.6. The van der Waals surface area contributed by atoms with E-state index in [0.717, 1.165) is 41.9 Å². The normalized spacial score (nSPS) is 19.3. The van der Waals surface area contributed by atoms with Crippen molar-refractivity contribution in [2.45, 2.75) is 51.6 Å². The molecular weight excluding hydrogens is 404 g/mol. The highest BCUT2D eigenvalue weighted by atomic mass is 32.1. The van der Waals surface area contributed by atoms with Gasteiger partial charge >= 0.3 is 0 Å². The molecule has 1 atom stereocenters. The number of amides is 1. The number of carbonyl (C=O) groups is 1. The highest BCUT2D eigenvalue weighted by Gasteiger charge is 2.33. The predicted molar refractivity (Wildman–Crippen MR) is 132 cm³/mol. The minimum absolute atomic E-state index is 0.105. The number of fused-ring (bicyclic) bond motifs is 1. The molecule has 2 N–H and O–H groups in total. The van der Waals surface area contributed by atoms with E-state index in [0.29, 0.717) is 11.0 Å². The summed E-state index contributed by atoms with van der Waals surface area (Å²) < 4.78 is 0. The molecule has 1 aliphatic carbocycles. The van der Waals surface area contributed by atoms with Gasteiger partial charge in [0, 0.05) is 24.2 Å². The number of likely N-dealkylation sites (N-methyl/N-ethyl adjacent to an activating group) is 1. The van der Waals surface area contributed by atoms with E-state index < -0.39 is 6.17 Å². The molecule has 0 bridgehead atoms. The van der Waals surface area contributed by atoms with Gasteiger partial charge in [-0.2, -0.15) is 0 Å². The summed E-state index contributed by atoms with van der Waals surface area (Å²) in [6.07, 6.45) is 6.08. The highest BCUT2D eigenvalue weighted by Crippen LogP contribution is 2.33. The molecule has 1 heterocycles. The van der Waals surface area contributed by atoms with Gasteiger partial charge in [0.1, 0.15) is 0 Å². The van der Waals surface area contributed by atoms with Crippen molar-refractivity contribution in [3.05, 3.63) is 59.7 Å². The maximum atomic E-state index is 13.3. The van der Waals surface area contributed by atoms with Gasteiger partial charge in [0.15, 0.2) is 5.11 Å². The zero-order valence-electron chi connectivity index (χ0n) is 18.2. The second kappa shape index (κ2) is 9.60. The number of nitrogens with one attached hydrogen (secondary N) is 2. The standard InChI is InChI=1S/C25H30N4OS/c1-3-17-11-7-9-15-20(17)26-25(31)28-23-24(30)29(2)21-16-10-8-14-19(21)22(27-23)18-12-5-4-6-13-18/h7-11,14-16,18,23H,3-6,12-13H2,1-2H3,(H2,26,28,31). The molecule has 4 rings (SSSR count). The fourth-order valence-electron chi connectivity index (χ4n) is 4.58. The quantitative estimate of drug-likeness (QED) is 0.672. The zero-order valence-corrected chi connectivity index (χ0v) is 19.0. The van der Waals surface area contributed by atoms with Crippen LogP contribution in [-0.4, -0.2) is 29.9 Å². The first-order valence-electron chi connectivity index (χ1n) is 11.2. The van der Waals surface area contributed by atoms with Crippen LogP contribution in [0.2, 0.25) is 0 Å². The van der Waals surface area contributed by atoms with Crippen molar-refractivity contribution in [1.29, 1.82) is 0 Å². The molecule has 1 fully saturated rings. The minimum Gasteiger partial charge on any atom is -0.333 e. The molecule has 0 saturated heterocycles. The van der Waals surface area contributed by atoms with E-state index >= 15 is 0 Å². The average Bonchev–Trinajstić information content (AvgIpc) is 2.91. The van der Waals surface area contributed by atoms with Gasteiger partial charge in [-0.3, -0.25) is 9.79 Å². The number of para-hydroxylation sites is 2. The fourth-order valence-corrected chi connectivity index (χ4v) is 4.80. The van der Waals surface area contributed by atoms with Crippen LogP contribution in [0.3, 0.4) is 0 Å². The SMILES string of the molecule is CCc1ccccc1NC(=S)NC1N=C(C2CCCCC2)c2ccccc2N(C)C1=O. The number of nitrogens with zero attached hydrogens (tertiary/aromatic N) is 2. The smallest absolute Gasteiger partial charge is 0.272 e. The predicted octanol–water partition coefficient (Wildman–Crippen LogP) is 4.91. The third-order valence-corrected chi connectivity index (χ3v) is 6.50. The van der Waals surface area contributed by atoms with E-state index in [4.69, 9.17) is 17.2 Å². The van der Waals surface area contributed by atoms with Crippen molar-refractivity contribution in [2.24, 2.45) is 10.9 Å². The van der Waals surface area contributed by atoms with Gasteiger partial charge in [0.25, 0.3) is 5.91 Å². The van der Waals surface area contributed by atoms with E-state index in [1.54, 1.807) is 4.90 Å². The number of thiocarbonyl (C=S) groups is 1. The Morgan fingerprint density at radius 1 is 1.10 bits per heavy atom. The van der Waals surface area contributed by atoms with Crippen molar-refractivity contribution in [2.75, 3.05) is 17.3 Å². The molecule has 1 amide bonds. The van der Waals surface area contributed by atoms with Gasteiger partial charge in [-0.15, -0.1) is 0 Å². The van der Waals surface area contributed by atoms with Gasteiger partial charge in [0.2, 0.25) is 6.17 Å². The first-order chi connectivity index (χ1) is 15.1. The third-order valence-electron chi connectivity index (χ3n) is 6.28. The van der Waals surface area contributed by atoms with E-state index in [-0.39, 0.29) is 5.91 Å². The van der Waals surface area contributed by atoms with Crippen molar-refractivity contribution in [1.82, 2.24) is 5.32 Å². The third kappa shape index (κ3) is 4.64. The number of hydrogen-bond donors (Lipinski definition) is 2. The Kier molecular flexibility index (Phi) is 6.66. The summed E-state index contributed by atoms with van der Waals surface area (Å²) in [7, 11) is 1.82. The van der Waals surface area contributed by atoms with Crippen LogP contribution in [0.5, 0.6) is 0 Å². The van der Waals surface area contributed by atoms with E-state index in [1.165, 1.54) is 24.8 Å². The fraction of sp³-hybridized carbons (Fsp3) is 0.400. The molecule has 5 nitrogen and oxygen atoms in total. The molecule has 6 heteroatoms. The van der Waals surface area contributed by atoms with Crippen LogP contribution >= 0.6 is 12.2 Å². The lowest BCUT2D eigenvalue weighted by atomic mass is 9.83. The molecule has 0 radical (unpaired) electrons. The molecule has 0 aromatic heterocycles. The molecule has 31 heavy (non-hydrogen) atoms. The number of carbonyl (C=O) groups excluding carboxylic acids is 1. The van der Waals surface area contributed by atoms with Gasteiger partial charge in [-0.05, 0) is 49.2 Å². The van der Waals surface area contributed by atoms with Crippen molar-refractivity contribution < 1.29 is 4.79 Å². The van der Waals surface area contributed by atoms with Gasteiger partial charge < -0.3 is 15.5 Å². The number of benzene rings is 2. The van der Waals surface area contributed by atoms with Crippen LogP contribution in [0.25, 0.3) is 0 Å². The monoisotopic (exact) mass is 434 g/mol. The average molecular weight is 435 g/mol. The number of hydrogen-bond acceptors (Lipinski definition) is 3. The van der Waals surface area contributed by atoms with Gasteiger partial charge in [-0.1, -0.05) is 62.6 Å². The van der Waals surface area contributed by atoms with Gasteiger partial charge in [-0.25, -0.2) is 0 Å². The number of aryl methyl sites for hydroxylation is 1. The Morgan fingerprint density at radius 2 is 1.81 bits per heavy atom. The summed E-state index contributed by atoms with van der Waals surface area (Å²) in [5.41, 5.74) is 5.13. The van der Waals surface area contributed by atoms with Crippen LogP contribution in [0.15, 0.2) is 53.5 Å². The maximum absolute atomic E-state index is 13.3. The number of benzodiazepines with no additional fused rings is 1. The molecule has 162 valence electrons. The Bertz CT molecular complexity index is 997. The molecule has 1 aliphatic heterocycles. The van der Waals surface area contributed by atoms with Gasteiger partial charge in [0.05, 0.1) is 11.4 Å². The largest absolute Gasteiger partial charge is 0.333 e. The topological polar surface area (TPSA) is 56.7 Å². The summed E-state index contributed by atoms with van der Waals surface area (Å²) in [4.78, 5) is 20.0. The number of rotatable bonds is 4. The molecule has 0 spiro atoms. The molecule has 2 aromatic rings. The summed E-state index contributed by atoms with van der Waals surface area (Å²) in [6, 6.07) is 16.2. The Hall–Kier alpha value is -2.73. The van der Waals surface area contributed by atoms with E-state index in [1.807, 2.05) is 43.4 Å². The lowest BCUT2D eigenvalue weighted by Crippen LogP contribution is -2.47. The second-order valence-electron chi connectivity index (χ2n) is 8.28. The zero-order chi connectivity index (χ0) is 21.8. The maximum Gasteiger partial charge on any atom is 0.272 e. The second-order valence-corrected chi connectivity index (χ2v) is 8.68. The summed E-state index contributed by atoms with van der Waals surface area (Å²) in [5, 5.41) is 6.85. The highest BCUT2D eigenvalue weighted by molar-refractivity contribution is 7.80. The lowest BCUT2D eigenvalue weighted by Gasteiger charge is -2.25. The molecule has 2 aromatic carbocycles. The van der Waals surface area contributed by atoms with Crippen molar-refractivity contribution in [3.8, 4) is 0 Å². The van der Waals surface area contributed by atoms with Crippen LogP contribution in [0, 0.1) is 5.92 Å². The first kappa shape index (κ1) is 21.5. The van der Waals surface area contributed by atoms with Crippen LogP contribution in [0.4, 0.5) is 11.4 Å².